The Bertz CT molecular complexity index is 1220. The molecule has 9 nitrogen and oxygen atoms in total. The number of phenols is 1. The largest absolute Gasteiger partial charge is 1.00 e. The summed E-state index contributed by atoms with van der Waals surface area (Å²) in [5, 5.41) is 29.9. The van der Waals surface area contributed by atoms with E-state index in [0.29, 0.717) is 10.4 Å². The number of halogens is 1. The van der Waals surface area contributed by atoms with Crippen molar-refractivity contribution in [2.24, 2.45) is 0 Å². The van der Waals surface area contributed by atoms with Crippen molar-refractivity contribution in [2.45, 2.75) is 12.6 Å². The van der Waals surface area contributed by atoms with Gasteiger partial charge in [0.2, 0.25) is 0 Å². The Morgan fingerprint density at radius 1 is 0.971 bits per heavy atom. The molecule has 0 radical (unpaired) electrons. The molecule has 0 saturated heterocycles. The SMILES string of the molecule is O=C(NCc1cccc(O)c1)c1ccc(C(=O)N[C@@H](CNC(=O)c2cccs2)C(=O)[O-])c(Cl)c1.[Na+]. The van der Waals surface area contributed by atoms with E-state index in [1.807, 2.05) is 0 Å². The molecule has 1 heterocycles. The number of aromatic hydroxyl groups is 1. The second-order valence-corrected chi connectivity index (χ2v) is 8.43. The molecule has 2 aromatic carbocycles. The van der Waals surface area contributed by atoms with Crippen LogP contribution in [0.15, 0.2) is 60.0 Å². The van der Waals surface area contributed by atoms with Crippen LogP contribution in [0, 0.1) is 0 Å². The molecule has 0 bridgehead atoms. The molecule has 4 N–H and O–H groups in total. The van der Waals surface area contributed by atoms with Crippen molar-refractivity contribution < 1.29 is 58.9 Å². The van der Waals surface area contributed by atoms with Gasteiger partial charge in [0.25, 0.3) is 17.7 Å². The summed E-state index contributed by atoms with van der Waals surface area (Å²) in [5.41, 5.74) is 0.818. The minimum absolute atomic E-state index is 0. The molecule has 0 aliphatic heterocycles. The first kappa shape index (κ1) is 28.3. The molecule has 1 atom stereocenters. The molecule has 176 valence electrons. The summed E-state index contributed by atoms with van der Waals surface area (Å²) in [7, 11) is 0. The number of carboxylic acids is 1. The number of carboxylic acid groups (broad SMARTS) is 1. The third-order valence-electron chi connectivity index (χ3n) is 4.64. The van der Waals surface area contributed by atoms with E-state index in [1.165, 1.54) is 41.7 Å². The number of carbonyl (C=O) groups excluding carboxylic acids is 4. The van der Waals surface area contributed by atoms with Crippen molar-refractivity contribution in [3.05, 3.63) is 86.6 Å². The second kappa shape index (κ2) is 13.3. The van der Waals surface area contributed by atoms with Gasteiger partial charge in [-0.3, -0.25) is 14.4 Å². The summed E-state index contributed by atoms with van der Waals surface area (Å²) in [4.78, 5) is 48.8. The average Bonchev–Trinajstić information content (AvgIpc) is 3.34. The van der Waals surface area contributed by atoms with Crippen molar-refractivity contribution in [3.8, 4) is 5.75 Å². The van der Waals surface area contributed by atoms with Crippen LogP contribution >= 0.6 is 22.9 Å². The Hall–Kier alpha value is -2.89. The fourth-order valence-electron chi connectivity index (χ4n) is 2.91. The van der Waals surface area contributed by atoms with Gasteiger partial charge in [0, 0.05) is 18.7 Å². The molecule has 3 rings (SSSR count). The van der Waals surface area contributed by atoms with E-state index in [0.717, 1.165) is 0 Å². The van der Waals surface area contributed by atoms with Crippen molar-refractivity contribution >= 4 is 46.6 Å². The Labute approximate surface area is 231 Å². The molecular weight excluding hydrogens is 505 g/mol. The zero-order chi connectivity index (χ0) is 24.7. The maximum absolute atomic E-state index is 12.6. The summed E-state index contributed by atoms with van der Waals surface area (Å²) in [6, 6.07) is 12.1. The number of thiophene rings is 1. The van der Waals surface area contributed by atoms with Crippen LogP contribution in [0.2, 0.25) is 5.02 Å². The Morgan fingerprint density at radius 3 is 2.37 bits per heavy atom. The molecule has 3 aromatic rings. The zero-order valence-electron chi connectivity index (χ0n) is 18.5. The van der Waals surface area contributed by atoms with Gasteiger partial charge in [-0.1, -0.05) is 29.8 Å². The van der Waals surface area contributed by atoms with Gasteiger partial charge in [0.15, 0.2) is 0 Å². The maximum atomic E-state index is 12.6. The zero-order valence-corrected chi connectivity index (χ0v) is 22.1. The van der Waals surface area contributed by atoms with Crippen LogP contribution in [-0.2, 0) is 11.3 Å². The summed E-state index contributed by atoms with van der Waals surface area (Å²) < 4.78 is 0. The monoisotopic (exact) mass is 523 g/mol. The number of amides is 3. The first-order valence-corrected chi connectivity index (χ1v) is 11.2. The Balaban J connectivity index is 0.00000432. The number of rotatable bonds is 9. The minimum atomic E-state index is -1.58. The van der Waals surface area contributed by atoms with Crippen LogP contribution in [0.25, 0.3) is 0 Å². The smallest absolute Gasteiger partial charge is 0.548 e. The number of aliphatic carboxylic acids is 1. The van der Waals surface area contributed by atoms with Gasteiger partial charge in [-0.05, 0) is 47.3 Å². The molecule has 3 amide bonds. The summed E-state index contributed by atoms with van der Waals surface area (Å²) in [6.45, 7) is -0.227. The van der Waals surface area contributed by atoms with Crippen molar-refractivity contribution in [1.82, 2.24) is 16.0 Å². The first-order valence-electron chi connectivity index (χ1n) is 9.93. The van der Waals surface area contributed by atoms with Gasteiger partial charge >= 0.3 is 29.6 Å². The molecule has 1 aromatic heterocycles. The Kier molecular flexibility index (Phi) is 10.7. The molecule has 0 aliphatic carbocycles. The number of carbonyl (C=O) groups is 4. The van der Waals surface area contributed by atoms with E-state index in [-0.39, 0.29) is 58.0 Å². The van der Waals surface area contributed by atoms with E-state index < -0.39 is 36.3 Å². The van der Waals surface area contributed by atoms with Crippen LogP contribution in [0.1, 0.15) is 36.0 Å². The van der Waals surface area contributed by atoms with E-state index in [9.17, 15) is 29.4 Å². The molecule has 0 aliphatic rings. The van der Waals surface area contributed by atoms with Gasteiger partial charge in [0.05, 0.1) is 27.5 Å². The third-order valence-corrected chi connectivity index (χ3v) is 5.82. The van der Waals surface area contributed by atoms with Gasteiger partial charge in [-0.15, -0.1) is 11.3 Å². The molecule has 0 unspecified atom stereocenters. The minimum Gasteiger partial charge on any atom is -0.548 e. The van der Waals surface area contributed by atoms with Gasteiger partial charge in [-0.25, -0.2) is 0 Å². The molecular formula is C23H19ClN3NaO6S. The molecule has 0 fully saturated rings. The number of hydrogen-bond donors (Lipinski definition) is 4. The Morgan fingerprint density at radius 2 is 1.74 bits per heavy atom. The van der Waals surface area contributed by atoms with E-state index in [1.54, 1.807) is 29.6 Å². The number of nitrogens with one attached hydrogen (secondary N) is 3. The van der Waals surface area contributed by atoms with Gasteiger partial charge in [-0.2, -0.15) is 0 Å². The fraction of sp³-hybridized carbons (Fsp3) is 0.130. The summed E-state index contributed by atoms with van der Waals surface area (Å²) in [5.74, 6) is -3.25. The predicted molar refractivity (Wildman–Crippen MR) is 124 cm³/mol. The number of benzene rings is 2. The molecule has 0 saturated carbocycles. The van der Waals surface area contributed by atoms with Crippen LogP contribution < -0.4 is 50.6 Å². The molecule has 12 heteroatoms. The first-order chi connectivity index (χ1) is 16.2. The van der Waals surface area contributed by atoms with Crippen LogP contribution in [0.3, 0.4) is 0 Å². The average molecular weight is 524 g/mol. The van der Waals surface area contributed by atoms with E-state index in [2.05, 4.69) is 16.0 Å². The maximum Gasteiger partial charge on any atom is 1.00 e. The normalized spacial score (nSPS) is 11.0. The van der Waals surface area contributed by atoms with Crippen molar-refractivity contribution in [1.29, 1.82) is 0 Å². The second-order valence-electron chi connectivity index (χ2n) is 7.08. The quantitative estimate of drug-likeness (QED) is 0.246. The third kappa shape index (κ3) is 8.08. The summed E-state index contributed by atoms with van der Waals surface area (Å²) >= 11 is 7.35. The van der Waals surface area contributed by atoms with Crippen LogP contribution in [0.4, 0.5) is 0 Å². The fourth-order valence-corrected chi connectivity index (χ4v) is 3.82. The number of phenolic OH excluding ortho intramolecular Hbond substituents is 1. The van der Waals surface area contributed by atoms with E-state index in [4.69, 9.17) is 11.6 Å². The van der Waals surface area contributed by atoms with Crippen molar-refractivity contribution in [2.75, 3.05) is 6.54 Å². The standard InChI is InChI=1S/C23H20ClN3O6S.Na/c24-17-10-14(20(29)25-11-13-3-1-4-15(28)9-13)6-7-16(17)21(30)27-18(23(32)33)12-26-22(31)19-5-2-8-34-19;/h1-10,18,28H,11-12H2,(H,25,29)(H,26,31)(H,27,30)(H,32,33);/q;+1/p-1/t18-;/m0./s1. The predicted octanol–water partition coefficient (Wildman–Crippen LogP) is -1.68. The number of hydrogen-bond acceptors (Lipinski definition) is 7. The van der Waals surface area contributed by atoms with Crippen LogP contribution in [0.5, 0.6) is 5.75 Å². The van der Waals surface area contributed by atoms with Gasteiger partial charge < -0.3 is 31.0 Å². The van der Waals surface area contributed by atoms with Crippen LogP contribution in [-0.4, -0.2) is 41.4 Å². The summed E-state index contributed by atoms with van der Waals surface area (Å²) in [6.07, 6.45) is 0. The molecule has 35 heavy (non-hydrogen) atoms. The molecule has 0 spiro atoms. The van der Waals surface area contributed by atoms with Crippen molar-refractivity contribution in [3.63, 3.8) is 0 Å². The van der Waals surface area contributed by atoms with E-state index >= 15 is 0 Å². The van der Waals surface area contributed by atoms with Gasteiger partial charge in [0.1, 0.15) is 5.75 Å². The topological polar surface area (TPSA) is 148 Å².